The van der Waals surface area contributed by atoms with Crippen molar-refractivity contribution in [2.75, 3.05) is 11.1 Å². The highest BCUT2D eigenvalue weighted by Crippen LogP contribution is 2.19. The predicted octanol–water partition coefficient (Wildman–Crippen LogP) is 3.09. The number of aliphatic carboxylic acids is 1. The van der Waals surface area contributed by atoms with Crippen LogP contribution in [-0.2, 0) is 17.1 Å². The molecule has 1 amide bonds. The normalized spacial score (nSPS) is 10.6. The Hall–Kier alpha value is -2.28. The summed E-state index contributed by atoms with van der Waals surface area (Å²) in [6, 6.07) is 7.44. The van der Waals surface area contributed by atoms with Crippen LogP contribution in [0.3, 0.4) is 0 Å². The standard InChI is InChI=1S/C17H21N3O3S/c1-4-20-12(3)16(11(2)19-20)17(23)18-14-7-5-6-13(8-14)9-24-10-15(21)22/h5-8H,4,9-10H2,1-3H3,(H,18,23)(H,21,22). The highest BCUT2D eigenvalue weighted by molar-refractivity contribution is 7.99. The molecule has 2 N–H and O–H groups in total. The molecule has 0 unspecified atom stereocenters. The Labute approximate surface area is 145 Å². The van der Waals surface area contributed by atoms with Crippen molar-refractivity contribution in [3.8, 4) is 0 Å². The Balaban J connectivity index is 2.09. The maximum Gasteiger partial charge on any atom is 0.313 e. The van der Waals surface area contributed by atoms with E-state index >= 15 is 0 Å². The monoisotopic (exact) mass is 347 g/mol. The van der Waals surface area contributed by atoms with E-state index in [2.05, 4.69) is 10.4 Å². The smallest absolute Gasteiger partial charge is 0.313 e. The van der Waals surface area contributed by atoms with Crippen molar-refractivity contribution in [1.82, 2.24) is 9.78 Å². The maximum atomic E-state index is 12.6. The van der Waals surface area contributed by atoms with Crippen LogP contribution < -0.4 is 5.32 Å². The first-order chi connectivity index (χ1) is 11.4. The fraction of sp³-hybridized carbons (Fsp3) is 0.353. The highest BCUT2D eigenvalue weighted by atomic mass is 32.2. The minimum absolute atomic E-state index is 0.0607. The fourth-order valence-electron chi connectivity index (χ4n) is 2.52. The molecular formula is C17H21N3O3S. The number of hydrogen-bond acceptors (Lipinski definition) is 4. The Morgan fingerprint density at radius 2 is 2.08 bits per heavy atom. The third-order valence-electron chi connectivity index (χ3n) is 3.59. The third kappa shape index (κ3) is 4.38. The summed E-state index contributed by atoms with van der Waals surface area (Å²) in [7, 11) is 0. The molecular weight excluding hydrogens is 326 g/mol. The summed E-state index contributed by atoms with van der Waals surface area (Å²) in [4.78, 5) is 23.1. The molecule has 0 aliphatic heterocycles. The van der Waals surface area contributed by atoms with Gasteiger partial charge in [0, 0.05) is 23.7 Å². The van der Waals surface area contributed by atoms with E-state index in [0.29, 0.717) is 22.7 Å². The fourth-order valence-corrected chi connectivity index (χ4v) is 3.21. The van der Waals surface area contributed by atoms with Crippen molar-refractivity contribution in [2.24, 2.45) is 0 Å². The maximum absolute atomic E-state index is 12.6. The molecule has 6 nitrogen and oxygen atoms in total. The summed E-state index contributed by atoms with van der Waals surface area (Å²) < 4.78 is 1.81. The number of carboxylic acids is 1. The van der Waals surface area contributed by atoms with E-state index in [9.17, 15) is 9.59 Å². The molecule has 0 radical (unpaired) electrons. The number of thioether (sulfide) groups is 1. The molecule has 0 fully saturated rings. The molecule has 0 saturated heterocycles. The summed E-state index contributed by atoms with van der Waals surface area (Å²) in [5, 5.41) is 15.9. The van der Waals surface area contributed by atoms with E-state index in [4.69, 9.17) is 5.11 Å². The number of carbonyl (C=O) groups is 2. The number of carbonyl (C=O) groups excluding carboxylic acids is 1. The van der Waals surface area contributed by atoms with Crippen molar-refractivity contribution in [3.05, 3.63) is 46.8 Å². The second-order valence-electron chi connectivity index (χ2n) is 5.40. The molecule has 0 aliphatic carbocycles. The van der Waals surface area contributed by atoms with Gasteiger partial charge < -0.3 is 10.4 Å². The van der Waals surface area contributed by atoms with Gasteiger partial charge in [-0.25, -0.2) is 0 Å². The molecule has 1 heterocycles. The van der Waals surface area contributed by atoms with Crippen LogP contribution in [0.25, 0.3) is 0 Å². The summed E-state index contributed by atoms with van der Waals surface area (Å²) >= 11 is 1.32. The van der Waals surface area contributed by atoms with Crippen LogP contribution in [0.1, 0.15) is 34.2 Å². The van der Waals surface area contributed by atoms with E-state index in [1.165, 1.54) is 11.8 Å². The number of rotatable bonds is 7. The SMILES string of the molecule is CCn1nc(C)c(C(=O)Nc2cccc(CSCC(=O)O)c2)c1C. The third-order valence-corrected chi connectivity index (χ3v) is 4.58. The van der Waals surface area contributed by atoms with E-state index in [1.807, 2.05) is 49.7 Å². The van der Waals surface area contributed by atoms with Crippen LogP contribution in [0.2, 0.25) is 0 Å². The average Bonchev–Trinajstić information content (AvgIpc) is 2.81. The number of nitrogens with one attached hydrogen (secondary N) is 1. The quantitative estimate of drug-likeness (QED) is 0.804. The summed E-state index contributed by atoms with van der Waals surface area (Å²) in [6.45, 7) is 6.42. The average molecular weight is 347 g/mol. The summed E-state index contributed by atoms with van der Waals surface area (Å²) in [6.07, 6.45) is 0. The molecule has 2 rings (SSSR count). The van der Waals surface area contributed by atoms with E-state index in [1.54, 1.807) is 0 Å². The lowest BCUT2D eigenvalue weighted by molar-refractivity contribution is -0.133. The lowest BCUT2D eigenvalue weighted by Crippen LogP contribution is -2.14. The van der Waals surface area contributed by atoms with Crippen LogP contribution in [0.5, 0.6) is 0 Å². The molecule has 0 atom stereocenters. The minimum Gasteiger partial charge on any atom is -0.481 e. The van der Waals surface area contributed by atoms with Gasteiger partial charge in [-0.05, 0) is 38.5 Å². The molecule has 0 bridgehead atoms. The van der Waals surface area contributed by atoms with Crippen molar-refractivity contribution >= 4 is 29.3 Å². The second kappa shape index (κ2) is 8.01. The number of amides is 1. The molecule has 2 aromatic rings. The second-order valence-corrected chi connectivity index (χ2v) is 6.39. The zero-order valence-electron chi connectivity index (χ0n) is 14.0. The molecule has 0 spiro atoms. The first-order valence-electron chi connectivity index (χ1n) is 7.66. The molecule has 128 valence electrons. The van der Waals surface area contributed by atoms with Crippen LogP contribution in [-0.4, -0.2) is 32.5 Å². The predicted molar refractivity (Wildman–Crippen MR) is 95.6 cm³/mol. The highest BCUT2D eigenvalue weighted by Gasteiger charge is 2.18. The van der Waals surface area contributed by atoms with Gasteiger partial charge in [0.15, 0.2) is 0 Å². The summed E-state index contributed by atoms with van der Waals surface area (Å²) in [5.41, 5.74) is 3.82. The Morgan fingerprint density at radius 1 is 1.33 bits per heavy atom. The Kier molecular flexibility index (Phi) is 6.03. The largest absolute Gasteiger partial charge is 0.481 e. The van der Waals surface area contributed by atoms with Crippen molar-refractivity contribution in [1.29, 1.82) is 0 Å². The van der Waals surface area contributed by atoms with Crippen LogP contribution >= 0.6 is 11.8 Å². The van der Waals surface area contributed by atoms with Gasteiger partial charge in [0.25, 0.3) is 5.91 Å². The molecule has 24 heavy (non-hydrogen) atoms. The first kappa shape index (κ1) is 18.1. The number of nitrogens with zero attached hydrogens (tertiary/aromatic N) is 2. The van der Waals surface area contributed by atoms with Gasteiger partial charge in [-0.1, -0.05) is 12.1 Å². The van der Waals surface area contributed by atoms with Gasteiger partial charge in [0.1, 0.15) is 0 Å². The number of benzene rings is 1. The van der Waals surface area contributed by atoms with Crippen LogP contribution in [0, 0.1) is 13.8 Å². The van der Waals surface area contributed by atoms with E-state index in [-0.39, 0.29) is 11.7 Å². The number of hydrogen-bond donors (Lipinski definition) is 2. The number of carboxylic acid groups (broad SMARTS) is 1. The minimum atomic E-state index is -0.830. The van der Waals surface area contributed by atoms with Gasteiger partial charge in [0.05, 0.1) is 17.0 Å². The molecule has 0 aliphatic rings. The van der Waals surface area contributed by atoms with Gasteiger partial charge in [-0.15, -0.1) is 11.8 Å². The van der Waals surface area contributed by atoms with Gasteiger partial charge in [-0.3, -0.25) is 14.3 Å². The van der Waals surface area contributed by atoms with Gasteiger partial charge in [0.2, 0.25) is 0 Å². The van der Waals surface area contributed by atoms with Crippen LogP contribution in [0.4, 0.5) is 5.69 Å². The summed E-state index contributed by atoms with van der Waals surface area (Å²) in [5.74, 6) is -0.365. The van der Waals surface area contributed by atoms with Crippen LogP contribution in [0.15, 0.2) is 24.3 Å². The lowest BCUT2D eigenvalue weighted by Gasteiger charge is -2.08. The molecule has 1 aromatic carbocycles. The van der Waals surface area contributed by atoms with Gasteiger partial charge >= 0.3 is 5.97 Å². The molecule has 7 heteroatoms. The van der Waals surface area contributed by atoms with Crippen molar-refractivity contribution in [3.63, 3.8) is 0 Å². The lowest BCUT2D eigenvalue weighted by atomic mass is 10.1. The zero-order chi connectivity index (χ0) is 17.7. The zero-order valence-corrected chi connectivity index (χ0v) is 14.8. The number of aryl methyl sites for hydroxylation is 2. The number of aromatic nitrogens is 2. The topological polar surface area (TPSA) is 84.2 Å². The molecule has 1 aromatic heterocycles. The van der Waals surface area contributed by atoms with Gasteiger partial charge in [-0.2, -0.15) is 5.10 Å². The van der Waals surface area contributed by atoms with Crippen molar-refractivity contribution < 1.29 is 14.7 Å². The Bertz CT molecular complexity index is 756. The molecule has 0 saturated carbocycles. The first-order valence-corrected chi connectivity index (χ1v) is 8.81. The van der Waals surface area contributed by atoms with E-state index < -0.39 is 5.97 Å². The number of anilines is 1. The van der Waals surface area contributed by atoms with Crippen molar-refractivity contribution in [2.45, 2.75) is 33.1 Å². The van der Waals surface area contributed by atoms with E-state index in [0.717, 1.165) is 17.8 Å². The Morgan fingerprint density at radius 3 is 2.71 bits per heavy atom.